The Morgan fingerprint density at radius 1 is 0.857 bits per heavy atom. The van der Waals surface area contributed by atoms with Gasteiger partial charge in [-0.2, -0.15) is 0 Å². The van der Waals surface area contributed by atoms with E-state index < -0.39 is 15.4 Å². The summed E-state index contributed by atoms with van der Waals surface area (Å²) in [5.41, 5.74) is 1.47. The number of benzene rings is 2. The van der Waals surface area contributed by atoms with Crippen molar-refractivity contribution in [3.63, 3.8) is 0 Å². The van der Waals surface area contributed by atoms with Gasteiger partial charge in [-0.25, -0.2) is 12.7 Å². The smallest absolute Gasteiger partial charge is 0.230 e. The minimum Gasteiger partial charge on any atom is -0.342 e. The van der Waals surface area contributed by atoms with Crippen molar-refractivity contribution in [2.75, 3.05) is 26.2 Å². The van der Waals surface area contributed by atoms with Gasteiger partial charge in [0.2, 0.25) is 15.9 Å². The molecule has 2 saturated heterocycles. The normalized spacial score (nSPS) is 23.0. The molecule has 6 heteroatoms. The Bertz CT molecular complexity index is 931. The Morgan fingerprint density at radius 3 is 2.14 bits per heavy atom. The fourth-order valence-electron chi connectivity index (χ4n) is 4.34. The summed E-state index contributed by atoms with van der Waals surface area (Å²) in [6.07, 6.45) is 2.21. The molecule has 0 N–H and O–H groups in total. The topological polar surface area (TPSA) is 57.7 Å². The zero-order valence-corrected chi connectivity index (χ0v) is 16.8. The minimum absolute atomic E-state index is 0.00413. The molecule has 0 aliphatic carbocycles. The number of carbonyl (C=O) groups excluding carboxylic acids is 1. The second-order valence-electron chi connectivity index (χ2n) is 7.88. The van der Waals surface area contributed by atoms with Crippen LogP contribution in [0.15, 0.2) is 60.7 Å². The first kappa shape index (κ1) is 19.2. The molecule has 28 heavy (non-hydrogen) atoms. The summed E-state index contributed by atoms with van der Waals surface area (Å²) < 4.78 is 27.2. The first-order chi connectivity index (χ1) is 13.5. The average Bonchev–Trinajstić information content (AvgIpc) is 3.28. The van der Waals surface area contributed by atoms with Gasteiger partial charge in [-0.1, -0.05) is 60.7 Å². The van der Waals surface area contributed by atoms with Gasteiger partial charge < -0.3 is 4.90 Å². The average molecular weight is 399 g/mol. The molecule has 1 unspecified atom stereocenters. The number of nitrogens with zero attached hydrogens (tertiary/aromatic N) is 2. The highest BCUT2D eigenvalue weighted by Gasteiger charge is 2.52. The van der Waals surface area contributed by atoms with Gasteiger partial charge >= 0.3 is 0 Å². The van der Waals surface area contributed by atoms with E-state index in [0.29, 0.717) is 26.1 Å². The Kier molecular flexibility index (Phi) is 5.25. The van der Waals surface area contributed by atoms with Gasteiger partial charge in [-0.05, 0) is 30.4 Å². The molecular formula is C22H26N2O3S. The summed E-state index contributed by atoms with van der Waals surface area (Å²) in [5.74, 6) is 0.122. The van der Waals surface area contributed by atoms with Crippen molar-refractivity contribution < 1.29 is 13.2 Å². The van der Waals surface area contributed by atoms with E-state index in [2.05, 4.69) is 12.1 Å². The minimum atomic E-state index is -3.41. The van der Waals surface area contributed by atoms with E-state index in [4.69, 9.17) is 0 Å². The Morgan fingerprint density at radius 2 is 1.46 bits per heavy atom. The van der Waals surface area contributed by atoms with E-state index in [1.165, 1.54) is 9.87 Å². The lowest BCUT2D eigenvalue weighted by Crippen LogP contribution is -2.39. The largest absolute Gasteiger partial charge is 0.342 e. The van der Waals surface area contributed by atoms with Gasteiger partial charge in [0.1, 0.15) is 0 Å². The molecule has 5 nitrogen and oxygen atoms in total. The molecule has 148 valence electrons. The Labute approximate surface area is 167 Å². The number of likely N-dealkylation sites (tertiary alicyclic amines) is 1. The molecule has 0 bridgehead atoms. The van der Waals surface area contributed by atoms with E-state index >= 15 is 0 Å². The highest BCUT2D eigenvalue weighted by Crippen LogP contribution is 2.41. The van der Waals surface area contributed by atoms with Gasteiger partial charge in [-0.15, -0.1) is 0 Å². The summed E-state index contributed by atoms with van der Waals surface area (Å²) in [4.78, 5) is 15.0. The predicted molar refractivity (Wildman–Crippen MR) is 109 cm³/mol. The molecule has 2 fully saturated rings. The second-order valence-corrected chi connectivity index (χ2v) is 9.85. The first-order valence-electron chi connectivity index (χ1n) is 9.84. The van der Waals surface area contributed by atoms with Crippen LogP contribution in [0.25, 0.3) is 0 Å². The van der Waals surface area contributed by atoms with Gasteiger partial charge in [0.15, 0.2) is 0 Å². The molecule has 2 aromatic carbocycles. The third-order valence-electron chi connectivity index (χ3n) is 6.02. The molecule has 2 aliphatic rings. The monoisotopic (exact) mass is 398 g/mol. The van der Waals surface area contributed by atoms with Crippen LogP contribution in [-0.4, -0.2) is 49.7 Å². The molecule has 2 aromatic rings. The van der Waals surface area contributed by atoms with E-state index in [-0.39, 0.29) is 11.7 Å². The van der Waals surface area contributed by atoms with Crippen molar-refractivity contribution in [2.45, 2.75) is 25.0 Å². The number of rotatable bonds is 6. The van der Waals surface area contributed by atoms with Crippen LogP contribution in [0.4, 0.5) is 0 Å². The van der Waals surface area contributed by atoms with Crippen molar-refractivity contribution in [2.24, 2.45) is 5.41 Å². The number of carbonyl (C=O) groups is 1. The van der Waals surface area contributed by atoms with Crippen LogP contribution in [0, 0.1) is 5.41 Å². The number of hydrogen-bond donors (Lipinski definition) is 0. The van der Waals surface area contributed by atoms with Crippen LogP contribution in [0.5, 0.6) is 0 Å². The maximum absolute atomic E-state index is 13.1. The van der Waals surface area contributed by atoms with E-state index in [9.17, 15) is 13.2 Å². The van der Waals surface area contributed by atoms with Crippen molar-refractivity contribution in [3.8, 4) is 0 Å². The fourth-order valence-corrected chi connectivity index (χ4v) is 5.95. The van der Waals surface area contributed by atoms with Crippen molar-refractivity contribution in [1.29, 1.82) is 0 Å². The van der Waals surface area contributed by atoms with Gasteiger partial charge in [0.05, 0.1) is 11.2 Å². The third-order valence-corrected chi connectivity index (χ3v) is 7.82. The summed E-state index contributed by atoms with van der Waals surface area (Å²) in [6, 6.07) is 19.4. The summed E-state index contributed by atoms with van der Waals surface area (Å²) in [7, 11) is -3.41. The lowest BCUT2D eigenvalue weighted by Gasteiger charge is -2.23. The van der Waals surface area contributed by atoms with Gasteiger partial charge in [0.25, 0.3) is 0 Å². The third kappa shape index (κ3) is 3.84. The second kappa shape index (κ2) is 7.68. The van der Waals surface area contributed by atoms with E-state index in [0.717, 1.165) is 24.9 Å². The van der Waals surface area contributed by atoms with Crippen molar-refractivity contribution in [3.05, 3.63) is 71.8 Å². The SMILES string of the molecule is O=C1N(CCc2ccccc2)CCC12CCN(S(=O)(=O)Cc1ccccc1)C2. The summed E-state index contributed by atoms with van der Waals surface area (Å²) in [5, 5.41) is 0. The highest BCUT2D eigenvalue weighted by atomic mass is 32.2. The zero-order valence-electron chi connectivity index (χ0n) is 16.0. The molecule has 2 heterocycles. The lowest BCUT2D eigenvalue weighted by atomic mass is 9.86. The number of sulfonamides is 1. The molecule has 0 radical (unpaired) electrons. The lowest BCUT2D eigenvalue weighted by molar-refractivity contribution is -0.135. The van der Waals surface area contributed by atoms with E-state index in [1.807, 2.05) is 53.4 Å². The highest BCUT2D eigenvalue weighted by molar-refractivity contribution is 7.88. The molecule has 4 rings (SSSR count). The van der Waals surface area contributed by atoms with Crippen molar-refractivity contribution in [1.82, 2.24) is 9.21 Å². The Balaban J connectivity index is 1.39. The number of amides is 1. The quantitative estimate of drug-likeness (QED) is 0.752. The van der Waals surface area contributed by atoms with Crippen LogP contribution in [-0.2, 0) is 27.0 Å². The molecule has 2 aliphatic heterocycles. The van der Waals surface area contributed by atoms with Gasteiger partial charge in [0, 0.05) is 26.2 Å². The standard InChI is InChI=1S/C22H26N2O3S/c25-21-22(12-15-23(21)14-11-19-7-3-1-4-8-19)13-16-24(18-22)28(26,27)17-20-9-5-2-6-10-20/h1-10H,11-18H2. The first-order valence-corrected chi connectivity index (χ1v) is 11.4. The van der Waals surface area contributed by atoms with E-state index in [1.54, 1.807) is 0 Å². The van der Waals surface area contributed by atoms with Crippen LogP contribution in [0.2, 0.25) is 0 Å². The van der Waals surface area contributed by atoms with Gasteiger partial charge in [-0.3, -0.25) is 4.79 Å². The van der Waals surface area contributed by atoms with Crippen LogP contribution in [0.1, 0.15) is 24.0 Å². The maximum atomic E-state index is 13.1. The maximum Gasteiger partial charge on any atom is 0.230 e. The fraction of sp³-hybridized carbons (Fsp3) is 0.409. The number of hydrogen-bond acceptors (Lipinski definition) is 3. The molecule has 0 saturated carbocycles. The van der Waals surface area contributed by atoms with Crippen LogP contribution < -0.4 is 0 Å². The van der Waals surface area contributed by atoms with Crippen LogP contribution in [0.3, 0.4) is 0 Å². The molecule has 1 spiro atoms. The molecule has 1 atom stereocenters. The summed E-state index contributed by atoms with van der Waals surface area (Å²) >= 11 is 0. The molecular weight excluding hydrogens is 372 g/mol. The van der Waals surface area contributed by atoms with Crippen molar-refractivity contribution >= 4 is 15.9 Å². The summed E-state index contributed by atoms with van der Waals surface area (Å²) in [6.45, 7) is 2.18. The predicted octanol–water partition coefficient (Wildman–Crippen LogP) is 2.68. The molecule has 1 amide bonds. The Hall–Kier alpha value is -2.18. The zero-order chi connectivity index (χ0) is 19.6. The van der Waals surface area contributed by atoms with Crippen LogP contribution >= 0.6 is 0 Å². The molecule has 0 aromatic heterocycles.